The van der Waals surface area contributed by atoms with Crippen molar-refractivity contribution in [1.29, 1.82) is 0 Å². The van der Waals surface area contributed by atoms with Crippen LogP contribution in [0.1, 0.15) is 33.1 Å². The highest BCUT2D eigenvalue weighted by molar-refractivity contribution is 4.80. The van der Waals surface area contributed by atoms with E-state index in [1.165, 1.54) is 0 Å². The predicted molar refractivity (Wildman–Crippen MR) is 44.2 cm³/mol. The number of aliphatic hydroxyl groups excluding tert-OH is 2. The van der Waals surface area contributed by atoms with Gasteiger partial charge < -0.3 is 10.2 Å². The van der Waals surface area contributed by atoms with E-state index in [1.54, 1.807) is 0 Å². The smallest absolute Gasteiger partial charge is 0.0595 e. The van der Waals surface area contributed by atoms with Crippen molar-refractivity contribution < 1.29 is 10.2 Å². The van der Waals surface area contributed by atoms with Gasteiger partial charge in [-0.25, -0.2) is 0 Å². The molecule has 2 nitrogen and oxygen atoms in total. The molecular weight excluding hydrogens is 140 g/mol. The van der Waals surface area contributed by atoms with Crippen molar-refractivity contribution in [3.05, 3.63) is 0 Å². The molecule has 0 saturated heterocycles. The second kappa shape index (κ2) is 3.55. The highest BCUT2D eigenvalue weighted by atomic mass is 16.3. The minimum absolute atomic E-state index is 0.264. The molecular formula is C9H18O2. The molecule has 0 aromatic heterocycles. The quantitative estimate of drug-likeness (QED) is 0.601. The van der Waals surface area contributed by atoms with Crippen LogP contribution in [0.3, 0.4) is 0 Å². The second-order valence-electron chi connectivity index (χ2n) is 3.94. The standard InChI is InChI=1S/C9H18O2/c1-6(2)8-4-3-7(10)5-9(8)11/h6-11H,3-5H2,1-2H3/t7-,8+,9+/m1/s1. The highest BCUT2D eigenvalue weighted by Gasteiger charge is 2.29. The monoisotopic (exact) mass is 158 g/mol. The molecule has 0 unspecified atom stereocenters. The largest absolute Gasteiger partial charge is 0.393 e. The van der Waals surface area contributed by atoms with E-state index in [0.717, 1.165) is 12.8 Å². The van der Waals surface area contributed by atoms with E-state index in [2.05, 4.69) is 13.8 Å². The van der Waals surface area contributed by atoms with Crippen LogP contribution in [0.5, 0.6) is 0 Å². The normalized spacial score (nSPS) is 39.5. The lowest BCUT2D eigenvalue weighted by Gasteiger charge is -2.33. The molecule has 0 aliphatic heterocycles. The molecule has 0 radical (unpaired) electrons. The summed E-state index contributed by atoms with van der Waals surface area (Å²) >= 11 is 0. The first kappa shape index (κ1) is 9.01. The molecule has 1 saturated carbocycles. The molecule has 2 heteroatoms. The summed E-state index contributed by atoms with van der Waals surface area (Å²) in [4.78, 5) is 0. The first-order chi connectivity index (χ1) is 5.11. The molecule has 1 aliphatic rings. The summed E-state index contributed by atoms with van der Waals surface area (Å²) < 4.78 is 0. The lowest BCUT2D eigenvalue weighted by molar-refractivity contribution is -0.0142. The Labute approximate surface area is 68.2 Å². The zero-order valence-electron chi connectivity index (χ0n) is 7.33. The van der Waals surface area contributed by atoms with E-state index in [0.29, 0.717) is 18.3 Å². The third-order valence-electron chi connectivity index (χ3n) is 2.70. The minimum Gasteiger partial charge on any atom is -0.393 e. The Bertz CT molecular complexity index is 123. The molecule has 1 rings (SSSR count). The van der Waals surface area contributed by atoms with Crippen LogP contribution in [-0.2, 0) is 0 Å². The van der Waals surface area contributed by atoms with Crippen molar-refractivity contribution in [2.75, 3.05) is 0 Å². The van der Waals surface area contributed by atoms with Crippen molar-refractivity contribution in [3.63, 3.8) is 0 Å². The summed E-state index contributed by atoms with van der Waals surface area (Å²) in [5.41, 5.74) is 0. The van der Waals surface area contributed by atoms with E-state index in [9.17, 15) is 10.2 Å². The van der Waals surface area contributed by atoms with E-state index < -0.39 is 0 Å². The number of hydrogen-bond donors (Lipinski definition) is 2. The highest BCUT2D eigenvalue weighted by Crippen LogP contribution is 2.30. The molecule has 66 valence electrons. The molecule has 11 heavy (non-hydrogen) atoms. The number of aliphatic hydroxyl groups is 2. The van der Waals surface area contributed by atoms with E-state index in [1.807, 2.05) is 0 Å². The van der Waals surface area contributed by atoms with Crippen LogP contribution in [0.2, 0.25) is 0 Å². The Kier molecular flexibility index (Phi) is 2.90. The maximum atomic E-state index is 9.55. The first-order valence-corrected chi connectivity index (χ1v) is 4.47. The molecule has 0 spiro atoms. The van der Waals surface area contributed by atoms with Gasteiger partial charge in [-0.2, -0.15) is 0 Å². The summed E-state index contributed by atoms with van der Waals surface area (Å²) in [7, 11) is 0. The third-order valence-corrected chi connectivity index (χ3v) is 2.70. The van der Waals surface area contributed by atoms with Gasteiger partial charge in [-0.15, -0.1) is 0 Å². The molecule has 1 aliphatic carbocycles. The van der Waals surface area contributed by atoms with Gasteiger partial charge in [-0.05, 0) is 31.1 Å². The lowest BCUT2D eigenvalue weighted by atomic mass is 9.78. The van der Waals surface area contributed by atoms with Gasteiger partial charge in [0, 0.05) is 0 Å². The van der Waals surface area contributed by atoms with Crippen LogP contribution in [0.15, 0.2) is 0 Å². The van der Waals surface area contributed by atoms with Crippen molar-refractivity contribution in [3.8, 4) is 0 Å². The molecule has 2 N–H and O–H groups in total. The minimum atomic E-state index is -0.279. The van der Waals surface area contributed by atoms with Crippen molar-refractivity contribution in [2.45, 2.75) is 45.3 Å². The van der Waals surface area contributed by atoms with E-state index >= 15 is 0 Å². The molecule has 0 bridgehead atoms. The van der Waals surface area contributed by atoms with Crippen molar-refractivity contribution in [2.24, 2.45) is 11.8 Å². The maximum absolute atomic E-state index is 9.55. The Hall–Kier alpha value is -0.0800. The molecule has 0 heterocycles. The summed E-state index contributed by atoms with van der Waals surface area (Å²) in [6.45, 7) is 4.26. The van der Waals surface area contributed by atoms with E-state index in [4.69, 9.17) is 0 Å². The summed E-state index contributed by atoms with van der Waals surface area (Å²) in [6, 6.07) is 0. The Morgan fingerprint density at radius 3 is 2.27 bits per heavy atom. The van der Waals surface area contributed by atoms with Crippen LogP contribution in [0.4, 0.5) is 0 Å². The topological polar surface area (TPSA) is 40.5 Å². The predicted octanol–water partition coefficient (Wildman–Crippen LogP) is 1.16. The van der Waals surface area contributed by atoms with Crippen LogP contribution in [-0.4, -0.2) is 22.4 Å². The fourth-order valence-corrected chi connectivity index (χ4v) is 1.93. The average molecular weight is 158 g/mol. The van der Waals surface area contributed by atoms with Gasteiger partial charge in [-0.3, -0.25) is 0 Å². The fourth-order valence-electron chi connectivity index (χ4n) is 1.93. The van der Waals surface area contributed by atoms with Gasteiger partial charge in [0.2, 0.25) is 0 Å². The van der Waals surface area contributed by atoms with Gasteiger partial charge >= 0.3 is 0 Å². The SMILES string of the molecule is CC(C)[C@@H]1CC[C@@H](O)C[C@@H]1O. The van der Waals surface area contributed by atoms with Crippen molar-refractivity contribution in [1.82, 2.24) is 0 Å². The molecule has 0 aromatic rings. The molecule has 0 amide bonds. The van der Waals surface area contributed by atoms with Gasteiger partial charge in [0.1, 0.15) is 0 Å². The summed E-state index contributed by atoms with van der Waals surface area (Å²) in [6.07, 6.45) is 1.86. The summed E-state index contributed by atoms with van der Waals surface area (Å²) in [5, 5.41) is 18.8. The Balaban J connectivity index is 2.44. The van der Waals surface area contributed by atoms with Gasteiger partial charge in [0.25, 0.3) is 0 Å². The Morgan fingerprint density at radius 1 is 1.18 bits per heavy atom. The lowest BCUT2D eigenvalue weighted by Crippen LogP contribution is -2.34. The average Bonchev–Trinajstić information content (AvgIpc) is 1.85. The molecule has 3 atom stereocenters. The van der Waals surface area contributed by atoms with Crippen LogP contribution < -0.4 is 0 Å². The second-order valence-corrected chi connectivity index (χ2v) is 3.94. The third kappa shape index (κ3) is 2.17. The van der Waals surface area contributed by atoms with Crippen molar-refractivity contribution >= 4 is 0 Å². The summed E-state index contributed by atoms with van der Waals surface area (Å²) in [5.74, 6) is 0.941. The number of rotatable bonds is 1. The zero-order valence-corrected chi connectivity index (χ0v) is 7.33. The van der Waals surface area contributed by atoms with Crippen LogP contribution in [0.25, 0.3) is 0 Å². The molecule has 0 aromatic carbocycles. The van der Waals surface area contributed by atoms with Gasteiger partial charge in [0.15, 0.2) is 0 Å². The van der Waals surface area contributed by atoms with Gasteiger partial charge in [0.05, 0.1) is 12.2 Å². The first-order valence-electron chi connectivity index (χ1n) is 4.47. The van der Waals surface area contributed by atoms with E-state index in [-0.39, 0.29) is 12.2 Å². The fraction of sp³-hybridized carbons (Fsp3) is 1.00. The Morgan fingerprint density at radius 2 is 1.82 bits per heavy atom. The van der Waals surface area contributed by atoms with Gasteiger partial charge in [-0.1, -0.05) is 13.8 Å². The zero-order chi connectivity index (χ0) is 8.43. The molecule has 1 fully saturated rings. The maximum Gasteiger partial charge on any atom is 0.0595 e. The van der Waals surface area contributed by atoms with Crippen LogP contribution in [0, 0.1) is 11.8 Å². The number of hydrogen-bond acceptors (Lipinski definition) is 2. The van der Waals surface area contributed by atoms with Crippen LogP contribution >= 0.6 is 0 Å².